The first-order chi connectivity index (χ1) is 26.9. The molecule has 0 aromatic heterocycles. The molecule has 3 saturated heterocycles. The number of fused-ring (bicyclic) bond motifs is 1. The summed E-state index contributed by atoms with van der Waals surface area (Å²) in [4.78, 5) is 44.4. The van der Waals surface area contributed by atoms with Crippen LogP contribution in [0.2, 0.25) is 0 Å². The normalized spacial score (nSPS) is 35.3. The van der Waals surface area contributed by atoms with E-state index in [0.717, 1.165) is 76.6 Å². The molecule has 0 aromatic rings. The molecule has 9 nitrogen and oxygen atoms in total. The SMILES string of the molecule is CC/C(=C(\C1CCC(O)CC1)C1CCC(OCCCN2CCCN(CCCC3CCC4C(=O)N(C5CCC(=O)NC5=O)CC4C3)CC2)CC1)C1CCCCC1. The number of carbonyl (C=O) groups excluding carboxylic acids is 3. The Bertz CT molecular complexity index is 1300. The summed E-state index contributed by atoms with van der Waals surface area (Å²) in [5.41, 5.74) is 3.71. The van der Waals surface area contributed by atoms with Gasteiger partial charge < -0.3 is 24.5 Å². The molecule has 7 fully saturated rings. The van der Waals surface area contributed by atoms with Crippen molar-refractivity contribution in [2.75, 3.05) is 52.4 Å². The van der Waals surface area contributed by atoms with Gasteiger partial charge in [0.25, 0.3) is 0 Å². The minimum atomic E-state index is -0.459. The minimum Gasteiger partial charge on any atom is -0.393 e. The van der Waals surface area contributed by atoms with Crippen LogP contribution >= 0.6 is 0 Å². The molecule has 0 radical (unpaired) electrons. The Balaban J connectivity index is 0.774. The third-order valence-corrected chi connectivity index (χ3v) is 15.5. The van der Waals surface area contributed by atoms with Crippen molar-refractivity contribution < 1.29 is 24.2 Å². The lowest BCUT2D eigenvalue weighted by atomic mass is 9.68. The zero-order valence-electron chi connectivity index (χ0n) is 34.5. The number of ether oxygens (including phenoxy) is 1. The van der Waals surface area contributed by atoms with Crippen molar-refractivity contribution in [3.05, 3.63) is 11.1 Å². The van der Waals surface area contributed by atoms with E-state index in [0.29, 0.717) is 43.2 Å². The Hall–Kier alpha value is -1.81. The van der Waals surface area contributed by atoms with Crippen molar-refractivity contribution >= 4 is 17.7 Å². The number of hydrogen-bond acceptors (Lipinski definition) is 7. The van der Waals surface area contributed by atoms with Gasteiger partial charge in [0, 0.05) is 45.1 Å². The predicted octanol–water partition coefficient (Wildman–Crippen LogP) is 7.26. The molecule has 2 N–H and O–H groups in total. The highest BCUT2D eigenvalue weighted by Gasteiger charge is 2.48. The highest BCUT2D eigenvalue weighted by molar-refractivity contribution is 6.02. The maximum absolute atomic E-state index is 13.2. The highest BCUT2D eigenvalue weighted by Crippen LogP contribution is 2.46. The Labute approximate surface area is 333 Å². The summed E-state index contributed by atoms with van der Waals surface area (Å²) >= 11 is 0. The fraction of sp³-hybridized carbons (Fsp3) is 0.891. The number of aliphatic hydroxyl groups is 1. The van der Waals surface area contributed by atoms with E-state index in [1.165, 1.54) is 116 Å². The molecule has 0 spiro atoms. The number of piperidine rings is 1. The number of nitrogens with one attached hydrogen (secondary N) is 1. The third kappa shape index (κ3) is 10.8. The van der Waals surface area contributed by atoms with Crippen LogP contribution in [0.15, 0.2) is 11.1 Å². The van der Waals surface area contributed by atoms with Crippen LogP contribution in [0.25, 0.3) is 0 Å². The van der Waals surface area contributed by atoms with E-state index in [9.17, 15) is 19.5 Å². The second kappa shape index (κ2) is 20.2. The summed E-state index contributed by atoms with van der Waals surface area (Å²) in [6.07, 6.45) is 26.8. The van der Waals surface area contributed by atoms with Crippen LogP contribution in [0.3, 0.4) is 0 Å². The Morgan fingerprint density at radius 2 is 1.44 bits per heavy atom. The monoisotopic (exact) mass is 765 g/mol. The van der Waals surface area contributed by atoms with Gasteiger partial charge in [0.2, 0.25) is 17.7 Å². The molecule has 4 aliphatic carbocycles. The number of imide groups is 1. The van der Waals surface area contributed by atoms with Crippen molar-refractivity contribution in [1.29, 1.82) is 0 Å². The summed E-state index contributed by atoms with van der Waals surface area (Å²) in [5, 5.41) is 12.7. The van der Waals surface area contributed by atoms with Gasteiger partial charge in [-0.05, 0) is 171 Å². The highest BCUT2D eigenvalue weighted by atomic mass is 16.5. The molecule has 7 rings (SSSR count). The van der Waals surface area contributed by atoms with Gasteiger partial charge in [-0.15, -0.1) is 0 Å². The van der Waals surface area contributed by atoms with E-state index in [1.54, 1.807) is 4.90 Å². The van der Waals surface area contributed by atoms with Gasteiger partial charge in [-0.2, -0.15) is 0 Å². The molecule has 7 aliphatic rings. The van der Waals surface area contributed by atoms with Crippen LogP contribution in [0.4, 0.5) is 0 Å². The van der Waals surface area contributed by atoms with Gasteiger partial charge in [0.15, 0.2) is 0 Å². The molecule has 3 heterocycles. The van der Waals surface area contributed by atoms with E-state index in [4.69, 9.17) is 4.74 Å². The van der Waals surface area contributed by atoms with E-state index in [-0.39, 0.29) is 29.7 Å². The summed E-state index contributed by atoms with van der Waals surface area (Å²) < 4.78 is 6.57. The molecule has 310 valence electrons. The van der Waals surface area contributed by atoms with Crippen molar-refractivity contribution in [3.8, 4) is 0 Å². The van der Waals surface area contributed by atoms with E-state index >= 15 is 0 Å². The maximum atomic E-state index is 13.2. The van der Waals surface area contributed by atoms with Gasteiger partial charge >= 0.3 is 0 Å². The van der Waals surface area contributed by atoms with Gasteiger partial charge in [-0.25, -0.2) is 0 Å². The second-order valence-electron chi connectivity index (χ2n) is 19.1. The number of allylic oxidation sites excluding steroid dienone is 2. The lowest BCUT2D eigenvalue weighted by Crippen LogP contribution is -2.53. The number of carbonyl (C=O) groups is 3. The summed E-state index contributed by atoms with van der Waals surface area (Å²) in [7, 11) is 0. The number of hydrogen-bond donors (Lipinski definition) is 2. The topological polar surface area (TPSA) is 102 Å². The van der Waals surface area contributed by atoms with E-state index < -0.39 is 6.04 Å². The van der Waals surface area contributed by atoms with Gasteiger partial charge in [0.1, 0.15) is 6.04 Å². The van der Waals surface area contributed by atoms with Crippen LogP contribution < -0.4 is 5.32 Å². The van der Waals surface area contributed by atoms with Gasteiger partial charge in [0.05, 0.1) is 12.2 Å². The number of nitrogens with zero attached hydrogens (tertiary/aromatic N) is 3. The number of likely N-dealkylation sites (tertiary alicyclic amines) is 1. The van der Waals surface area contributed by atoms with E-state index in [2.05, 4.69) is 22.0 Å². The first-order valence-corrected chi connectivity index (χ1v) is 23.5. The average molecular weight is 765 g/mol. The summed E-state index contributed by atoms with van der Waals surface area (Å²) in [6, 6.07) is -0.459. The fourth-order valence-corrected chi connectivity index (χ4v) is 12.5. The summed E-state index contributed by atoms with van der Waals surface area (Å²) in [5.74, 6) is 3.02. The fourth-order valence-electron chi connectivity index (χ4n) is 12.5. The zero-order valence-corrected chi connectivity index (χ0v) is 34.5. The summed E-state index contributed by atoms with van der Waals surface area (Å²) in [6.45, 7) is 11.0. The molecule has 9 heteroatoms. The van der Waals surface area contributed by atoms with Crippen LogP contribution in [-0.4, -0.2) is 108 Å². The molecular formula is C46H76N4O5. The van der Waals surface area contributed by atoms with Crippen molar-refractivity contribution in [2.45, 2.75) is 173 Å². The van der Waals surface area contributed by atoms with Gasteiger partial charge in [-0.3, -0.25) is 19.7 Å². The van der Waals surface area contributed by atoms with Crippen LogP contribution in [-0.2, 0) is 19.1 Å². The number of rotatable bonds is 14. The quantitative estimate of drug-likeness (QED) is 0.109. The third-order valence-electron chi connectivity index (χ3n) is 15.5. The van der Waals surface area contributed by atoms with Crippen LogP contribution in [0.5, 0.6) is 0 Å². The molecule has 55 heavy (non-hydrogen) atoms. The Kier molecular flexibility index (Phi) is 15.2. The van der Waals surface area contributed by atoms with Crippen LogP contribution in [0.1, 0.15) is 155 Å². The standard InChI is InChI=1S/C46H76N4O5/c1-2-40(34-10-4-3-5-11-34)44(35-13-17-38(51)18-14-35)36-15-19-39(20-16-36)55-30-8-27-49-26-7-25-48(28-29-49)24-6-9-33-12-21-41-37(31-33)32-50(46(41)54)42-22-23-43(52)47-45(42)53/h33-39,41-42,51H,2-32H2,1H3,(H,47,52,53)/b44-40-. The van der Waals surface area contributed by atoms with Crippen molar-refractivity contribution in [2.24, 2.45) is 35.5 Å². The predicted molar refractivity (Wildman–Crippen MR) is 217 cm³/mol. The van der Waals surface area contributed by atoms with E-state index in [1.807, 2.05) is 11.1 Å². The zero-order chi connectivity index (χ0) is 38.1. The molecule has 3 amide bonds. The molecule has 0 bridgehead atoms. The lowest BCUT2D eigenvalue weighted by molar-refractivity contribution is -0.144. The van der Waals surface area contributed by atoms with Crippen molar-refractivity contribution in [1.82, 2.24) is 20.0 Å². The molecule has 3 aliphatic heterocycles. The molecule has 4 saturated carbocycles. The largest absolute Gasteiger partial charge is 0.393 e. The van der Waals surface area contributed by atoms with Crippen molar-refractivity contribution in [3.63, 3.8) is 0 Å². The molecular weight excluding hydrogens is 689 g/mol. The first kappa shape index (κ1) is 41.4. The average Bonchev–Trinajstić information content (AvgIpc) is 3.35. The number of amides is 3. The maximum Gasteiger partial charge on any atom is 0.249 e. The molecule has 0 aromatic carbocycles. The minimum absolute atomic E-state index is 0.0716. The molecule has 4 atom stereocenters. The first-order valence-electron chi connectivity index (χ1n) is 23.5. The Morgan fingerprint density at radius 3 is 2.13 bits per heavy atom. The second-order valence-corrected chi connectivity index (χ2v) is 19.1. The lowest BCUT2D eigenvalue weighted by Gasteiger charge is -2.39. The van der Waals surface area contributed by atoms with Gasteiger partial charge in [-0.1, -0.05) is 37.3 Å². The Morgan fingerprint density at radius 1 is 0.745 bits per heavy atom. The smallest absolute Gasteiger partial charge is 0.249 e. The number of aliphatic hydroxyl groups excluding tert-OH is 1. The molecule has 4 unspecified atom stereocenters. The van der Waals surface area contributed by atoms with Crippen LogP contribution in [0, 0.1) is 35.5 Å².